The Hall–Kier alpha value is -2.43. The van der Waals surface area contributed by atoms with E-state index in [1.165, 1.54) is 6.21 Å². The molecular formula is C13H17N5. The molecule has 1 aromatic rings. The van der Waals surface area contributed by atoms with Crippen LogP contribution in [0.3, 0.4) is 0 Å². The lowest BCUT2D eigenvalue weighted by molar-refractivity contribution is 0.441. The molecule has 18 heavy (non-hydrogen) atoms. The van der Waals surface area contributed by atoms with Crippen LogP contribution in [0.25, 0.3) is 0 Å². The van der Waals surface area contributed by atoms with E-state index in [2.05, 4.69) is 21.9 Å². The van der Waals surface area contributed by atoms with Crippen LogP contribution in [0.4, 0.5) is 0 Å². The van der Waals surface area contributed by atoms with Gasteiger partial charge >= 0.3 is 0 Å². The van der Waals surface area contributed by atoms with Crippen LogP contribution in [-0.4, -0.2) is 29.9 Å². The third-order valence-corrected chi connectivity index (χ3v) is 2.03. The van der Waals surface area contributed by atoms with Crippen molar-refractivity contribution in [2.75, 3.05) is 7.05 Å². The zero-order valence-electron chi connectivity index (χ0n) is 10.4. The Morgan fingerprint density at radius 2 is 2.39 bits per heavy atom. The van der Waals surface area contributed by atoms with E-state index in [-0.39, 0.29) is 0 Å². The monoisotopic (exact) mass is 243 g/mol. The fourth-order valence-electron chi connectivity index (χ4n) is 1.33. The molecule has 0 atom stereocenters. The minimum Gasteiger partial charge on any atom is -0.398 e. The van der Waals surface area contributed by atoms with E-state index < -0.39 is 0 Å². The summed E-state index contributed by atoms with van der Waals surface area (Å²) in [5, 5.41) is 6.92. The molecule has 0 aliphatic rings. The predicted octanol–water partition coefficient (Wildman–Crippen LogP) is 1.56. The second-order valence-electron chi connectivity index (χ2n) is 3.63. The van der Waals surface area contributed by atoms with E-state index in [0.717, 1.165) is 5.69 Å². The van der Waals surface area contributed by atoms with E-state index in [0.29, 0.717) is 12.2 Å². The van der Waals surface area contributed by atoms with Gasteiger partial charge in [-0.1, -0.05) is 6.07 Å². The average molecular weight is 243 g/mol. The number of hydrogen-bond donors (Lipinski definition) is 1. The Bertz CT molecular complexity index is 448. The van der Waals surface area contributed by atoms with Crippen molar-refractivity contribution in [2.24, 2.45) is 15.9 Å². The minimum absolute atomic E-state index is 0.629. The number of allylic oxidation sites excluding steroid dienone is 2. The SMILES string of the molecule is C=N/N=C/C=C\C(N)=C/N(C)Cc1ccccn1. The van der Waals surface area contributed by atoms with E-state index in [4.69, 9.17) is 5.73 Å². The van der Waals surface area contributed by atoms with Crippen molar-refractivity contribution in [2.45, 2.75) is 6.54 Å². The van der Waals surface area contributed by atoms with Gasteiger partial charge in [0.15, 0.2) is 0 Å². The fourth-order valence-corrected chi connectivity index (χ4v) is 1.33. The number of nitrogens with zero attached hydrogens (tertiary/aromatic N) is 4. The molecule has 0 aliphatic carbocycles. The molecule has 94 valence electrons. The highest BCUT2D eigenvalue weighted by molar-refractivity contribution is 5.71. The Morgan fingerprint density at radius 3 is 3.06 bits per heavy atom. The molecule has 0 fully saturated rings. The molecule has 0 bridgehead atoms. The fraction of sp³-hybridized carbons (Fsp3) is 0.154. The van der Waals surface area contributed by atoms with Gasteiger partial charge in [0.25, 0.3) is 0 Å². The van der Waals surface area contributed by atoms with Gasteiger partial charge in [0.1, 0.15) is 0 Å². The molecule has 0 saturated heterocycles. The number of nitrogens with two attached hydrogens (primary N) is 1. The quantitative estimate of drug-likeness (QED) is 0.468. The second kappa shape index (κ2) is 7.78. The van der Waals surface area contributed by atoms with Gasteiger partial charge in [-0.15, -0.1) is 0 Å². The summed E-state index contributed by atoms with van der Waals surface area (Å²) in [5.41, 5.74) is 7.43. The van der Waals surface area contributed by atoms with Crippen molar-refractivity contribution in [3.05, 3.63) is 54.1 Å². The molecule has 0 aliphatic heterocycles. The third kappa shape index (κ3) is 5.60. The topological polar surface area (TPSA) is 66.9 Å². The van der Waals surface area contributed by atoms with Crippen LogP contribution < -0.4 is 5.73 Å². The van der Waals surface area contributed by atoms with Crippen LogP contribution in [0.5, 0.6) is 0 Å². The van der Waals surface area contributed by atoms with Crippen LogP contribution in [0.15, 0.2) is 58.6 Å². The van der Waals surface area contributed by atoms with E-state index in [1.54, 1.807) is 18.3 Å². The molecule has 5 heteroatoms. The summed E-state index contributed by atoms with van der Waals surface area (Å²) in [6.07, 6.45) is 8.57. The molecule has 0 aromatic carbocycles. The molecule has 5 nitrogen and oxygen atoms in total. The van der Waals surface area contributed by atoms with Crippen molar-refractivity contribution in [3.63, 3.8) is 0 Å². The van der Waals surface area contributed by atoms with Crippen LogP contribution in [-0.2, 0) is 6.54 Å². The van der Waals surface area contributed by atoms with Crippen LogP contribution in [0.2, 0.25) is 0 Å². The molecule has 2 N–H and O–H groups in total. The maximum Gasteiger partial charge on any atom is 0.0596 e. The van der Waals surface area contributed by atoms with Gasteiger partial charge in [-0.05, 0) is 24.3 Å². The zero-order valence-corrected chi connectivity index (χ0v) is 10.4. The summed E-state index contributed by atoms with van der Waals surface area (Å²) in [6, 6.07) is 5.82. The predicted molar refractivity (Wildman–Crippen MR) is 75.2 cm³/mol. The number of aromatic nitrogens is 1. The van der Waals surface area contributed by atoms with Gasteiger partial charge in [0.05, 0.1) is 12.2 Å². The molecule has 0 spiro atoms. The summed E-state index contributed by atoms with van der Waals surface area (Å²) in [6.45, 7) is 3.94. The van der Waals surface area contributed by atoms with Crippen molar-refractivity contribution >= 4 is 12.9 Å². The van der Waals surface area contributed by atoms with E-state index in [1.807, 2.05) is 36.3 Å². The van der Waals surface area contributed by atoms with Crippen molar-refractivity contribution in [1.82, 2.24) is 9.88 Å². The maximum absolute atomic E-state index is 5.81. The van der Waals surface area contributed by atoms with Crippen LogP contribution in [0, 0.1) is 0 Å². The largest absolute Gasteiger partial charge is 0.398 e. The van der Waals surface area contributed by atoms with Gasteiger partial charge in [0.2, 0.25) is 0 Å². The first-order chi connectivity index (χ1) is 8.72. The lowest BCUT2D eigenvalue weighted by Gasteiger charge is -2.13. The molecule has 1 rings (SSSR count). The smallest absolute Gasteiger partial charge is 0.0596 e. The minimum atomic E-state index is 0.629. The Morgan fingerprint density at radius 1 is 1.56 bits per heavy atom. The molecule has 1 aromatic heterocycles. The van der Waals surface area contributed by atoms with Gasteiger partial charge in [-0.3, -0.25) is 4.98 Å². The summed E-state index contributed by atoms with van der Waals surface area (Å²) in [4.78, 5) is 6.21. The van der Waals surface area contributed by atoms with E-state index in [9.17, 15) is 0 Å². The highest BCUT2D eigenvalue weighted by Crippen LogP contribution is 2.00. The molecule has 0 unspecified atom stereocenters. The summed E-state index contributed by atoms with van der Waals surface area (Å²) in [7, 11) is 1.94. The van der Waals surface area contributed by atoms with Crippen LogP contribution >= 0.6 is 0 Å². The van der Waals surface area contributed by atoms with E-state index >= 15 is 0 Å². The molecule has 0 radical (unpaired) electrons. The summed E-state index contributed by atoms with van der Waals surface area (Å²) >= 11 is 0. The van der Waals surface area contributed by atoms with Gasteiger partial charge in [-0.2, -0.15) is 10.2 Å². The standard InChI is InChI=1S/C13H17N5/c1-15-17-9-5-6-12(14)10-18(2)11-13-7-3-4-8-16-13/h3-10H,1,11,14H2,2H3/b6-5-,12-10+,17-9+. The highest BCUT2D eigenvalue weighted by Gasteiger charge is 1.96. The van der Waals surface area contributed by atoms with Crippen molar-refractivity contribution < 1.29 is 0 Å². The second-order valence-corrected chi connectivity index (χ2v) is 3.63. The van der Waals surface area contributed by atoms with Crippen LogP contribution in [0.1, 0.15) is 5.69 Å². The Labute approximate surface area is 107 Å². The lowest BCUT2D eigenvalue weighted by atomic mass is 10.3. The normalized spacial score (nSPS) is 12.2. The van der Waals surface area contributed by atoms with Crippen molar-refractivity contribution in [1.29, 1.82) is 0 Å². The zero-order chi connectivity index (χ0) is 13.2. The third-order valence-electron chi connectivity index (χ3n) is 2.03. The van der Waals surface area contributed by atoms with Gasteiger partial charge in [0, 0.05) is 38.1 Å². The molecule has 0 amide bonds. The highest BCUT2D eigenvalue weighted by atomic mass is 15.2. The first-order valence-electron chi connectivity index (χ1n) is 5.45. The first kappa shape index (κ1) is 13.6. The van der Waals surface area contributed by atoms with Gasteiger partial charge in [-0.25, -0.2) is 0 Å². The van der Waals surface area contributed by atoms with Gasteiger partial charge < -0.3 is 10.6 Å². The number of hydrogen-bond acceptors (Lipinski definition) is 5. The molecule has 0 saturated carbocycles. The average Bonchev–Trinajstić information content (AvgIpc) is 2.35. The first-order valence-corrected chi connectivity index (χ1v) is 5.45. The summed E-state index contributed by atoms with van der Waals surface area (Å²) < 4.78 is 0. The summed E-state index contributed by atoms with van der Waals surface area (Å²) in [5.74, 6) is 0. The molecular weight excluding hydrogens is 226 g/mol. The maximum atomic E-state index is 5.81. The Balaban J connectivity index is 2.52. The number of rotatable bonds is 6. The number of pyridine rings is 1. The lowest BCUT2D eigenvalue weighted by Crippen LogP contribution is -2.13. The Kier molecular flexibility index (Phi) is 5.89. The molecule has 1 heterocycles. The van der Waals surface area contributed by atoms with Crippen molar-refractivity contribution in [3.8, 4) is 0 Å².